The van der Waals surface area contributed by atoms with Crippen molar-refractivity contribution in [2.75, 3.05) is 0 Å². The monoisotopic (exact) mass is 321 g/mol. The molecular formula is C19H19N3O2. The van der Waals surface area contributed by atoms with E-state index in [0.717, 1.165) is 23.4 Å². The summed E-state index contributed by atoms with van der Waals surface area (Å²) in [6, 6.07) is 14.6. The van der Waals surface area contributed by atoms with Crippen molar-refractivity contribution in [3.8, 4) is 11.3 Å². The Morgan fingerprint density at radius 2 is 2.00 bits per heavy atom. The van der Waals surface area contributed by atoms with Gasteiger partial charge in [0.2, 0.25) is 0 Å². The zero-order valence-corrected chi connectivity index (χ0v) is 13.7. The molecule has 5 heteroatoms. The highest BCUT2D eigenvalue weighted by atomic mass is 16.5. The number of hydrogen-bond donors (Lipinski definition) is 1. The fourth-order valence-electron chi connectivity index (χ4n) is 2.40. The van der Waals surface area contributed by atoms with E-state index >= 15 is 0 Å². The Hall–Kier alpha value is -2.95. The Bertz CT molecular complexity index is 827. The number of amides is 1. The zero-order valence-electron chi connectivity index (χ0n) is 13.7. The molecule has 0 saturated carbocycles. The minimum Gasteiger partial charge on any atom is -0.359 e. The molecule has 0 unspecified atom stereocenters. The van der Waals surface area contributed by atoms with Crippen LogP contribution in [0.1, 0.15) is 41.7 Å². The Labute approximate surface area is 140 Å². The second-order valence-electron chi connectivity index (χ2n) is 5.57. The third-order valence-electron chi connectivity index (χ3n) is 3.81. The fourth-order valence-corrected chi connectivity index (χ4v) is 2.40. The summed E-state index contributed by atoms with van der Waals surface area (Å²) >= 11 is 0. The molecule has 3 aromatic rings. The number of pyridine rings is 1. The van der Waals surface area contributed by atoms with Gasteiger partial charge in [-0.3, -0.25) is 9.78 Å². The van der Waals surface area contributed by atoms with Crippen molar-refractivity contribution in [2.45, 2.75) is 26.3 Å². The van der Waals surface area contributed by atoms with Crippen LogP contribution in [0.25, 0.3) is 11.3 Å². The number of hydrogen-bond acceptors (Lipinski definition) is 4. The molecule has 1 atom stereocenters. The van der Waals surface area contributed by atoms with Crippen LogP contribution in [0.3, 0.4) is 0 Å². The highest BCUT2D eigenvalue weighted by Gasteiger charge is 2.16. The van der Waals surface area contributed by atoms with Gasteiger partial charge in [-0.2, -0.15) is 0 Å². The van der Waals surface area contributed by atoms with Crippen LogP contribution in [0.5, 0.6) is 0 Å². The lowest BCUT2D eigenvalue weighted by atomic mass is 10.1. The lowest BCUT2D eigenvalue weighted by Crippen LogP contribution is -2.26. The number of carbonyl (C=O) groups is 1. The molecule has 2 heterocycles. The summed E-state index contributed by atoms with van der Waals surface area (Å²) in [5.74, 6) is 0.474. The van der Waals surface area contributed by atoms with Gasteiger partial charge in [0.1, 0.15) is 5.69 Å². The highest BCUT2D eigenvalue weighted by molar-refractivity contribution is 5.94. The van der Waals surface area contributed by atoms with E-state index in [-0.39, 0.29) is 11.9 Å². The molecule has 0 radical (unpaired) electrons. The van der Waals surface area contributed by atoms with E-state index in [4.69, 9.17) is 4.52 Å². The van der Waals surface area contributed by atoms with Crippen LogP contribution >= 0.6 is 0 Å². The Morgan fingerprint density at radius 1 is 1.21 bits per heavy atom. The van der Waals surface area contributed by atoms with Crippen LogP contribution in [0, 0.1) is 0 Å². The number of nitrogens with one attached hydrogen (secondary N) is 1. The predicted octanol–water partition coefficient (Wildman–Crippen LogP) is 3.79. The average Bonchev–Trinajstić information content (AvgIpc) is 3.13. The molecule has 1 aromatic carbocycles. The van der Waals surface area contributed by atoms with E-state index in [1.807, 2.05) is 43.3 Å². The number of nitrogens with zero attached hydrogens (tertiary/aromatic N) is 2. The summed E-state index contributed by atoms with van der Waals surface area (Å²) in [6.45, 7) is 3.93. The third-order valence-corrected chi connectivity index (χ3v) is 3.81. The molecule has 1 N–H and O–H groups in total. The SMILES string of the molecule is CCc1cc(-c2cc([C@@H](C)NC(=O)c3ccccc3)on2)ccn1. The molecule has 122 valence electrons. The highest BCUT2D eigenvalue weighted by Crippen LogP contribution is 2.23. The first-order valence-corrected chi connectivity index (χ1v) is 7.95. The minimum atomic E-state index is -0.272. The molecular weight excluding hydrogens is 302 g/mol. The molecule has 0 bridgehead atoms. The number of rotatable bonds is 5. The van der Waals surface area contributed by atoms with Crippen molar-refractivity contribution in [2.24, 2.45) is 0 Å². The molecule has 24 heavy (non-hydrogen) atoms. The maximum absolute atomic E-state index is 12.2. The van der Waals surface area contributed by atoms with Gasteiger partial charge in [-0.25, -0.2) is 0 Å². The maximum Gasteiger partial charge on any atom is 0.251 e. The molecule has 2 aromatic heterocycles. The van der Waals surface area contributed by atoms with E-state index < -0.39 is 0 Å². The lowest BCUT2D eigenvalue weighted by molar-refractivity contribution is 0.0934. The van der Waals surface area contributed by atoms with Gasteiger partial charge in [0, 0.05) is 29.1 Å². The second-order valence-corrected chi connectivity index (χ2v) is 5.57. The molecule has 0 aliphatic rings. The molecule has 1 amide bonds. The molecule has 0 aliphatic carbocycles. The van der Waals surface area contributed by atoms with Gasteiger partial charge >= 0.3 is 0 Å². The number of aromatic nitrogens is 2. The predicted molar refractivity (Wildman–Crippen MR) is 91.4 cm³/mol. The summed E-state index contributed by atoms with van der Waals surface area (Å²) in [5, 5.41) is 7.02. The van der Waals surface area contributed by atoms with E-state index in [9.17, 15) is 4.79 Å². The van der Waals surface area contributed by atoms with E-state index in [0.29, 0.717) is 11.3 Å². The molecule has 0 fully saturated rings. The van der Waals surface area contributed by atoms with Gasteiger partial charge < -0.3 is 9.84 Å². The first-order chi connectivity index (χ1) is 11.7. The quantitative estimate of drug-likeness (QED) is 0.776. The van der Waals surface area contributed by atoms with Crippen molar-refractivity contribution in [3.63, 3.8) is 0 Å². The van der Waals surface area contributed by atoms with Crippen molar-refractivity contribution < 1.29 is 9.32 Å². The first-order valence-electron chi connectivity index (χ1n) is 7.95. The van der Waals surface area contributed by atoms with Crippen LogP contribution in [0.15, 0.2) is 59.3 Å². The fraction of sp³-hybridized carbons (Fsp3) is 0.211. The minimum absolute atomic E-state index is 0.141. The Morgan fingerprint density at radius 3 is 2.75 bits per heavy atom. The molecule has 0 saturated heterocycles. The van der Waals surface area contributed by atoms with Gasteiger partial charge in [0.15, 0.2) is 5.76 Å². The largest absolute Gasteiger partial charge is 0.359 e. The standard InChI is InChI=1S/C19H19N3O2/c1-3-16-11-15(9-10-20-16)17-12-18(24-22-17)13(2)21-19(23)14-7-5-4-6-8-14/h4-13H,3H2,1-2H3,(H,21,23)/t13-/m1/s1. The Kier molecular flexibility index (Phi) is 4.70. The summed E-state index contributed by atoms with van der Waals surface area (Å²) in [5.41, 5.74) is 3.31. The van der Waals surface area contributed by atoms with E-state index in [1.54, 1.807) is 18.3 Å². The van der Waals surface area contributed by atoms with E-state index in [1.165, 1.54) is 0 Å². The number of carbonyl (C=O) groups excluding carboxylic acids is 1. The molecule has 0 spiro atoms. The average molecular weight is 321 g/mol. The smallest absolute Gasteiger partial charge is 0.251 e. The normalized spacial score (nSPS) is 11.9. The Balaban J connectivity index is 1.74. The lowest BCUT2D eigenvalue weighted by Gasteiger charge is -2.10. The van der Waals surface area contributed by atoms with Crippen molar-refractivity contribution >= 4 is 5.91 Å². The third kappa shape index (κ3) is 3.51. The van der Waals surface area contributed by atoms with Gasteiger partial charge in [-0.05, 0) is 37.6 Å². The maximum atomic E-state index is 12.2. The second kappa shape index (κ2) is 7.08. The van der Waals surface area contributed by atoms with Crippen LogP contribution in [-0.4, -0.2) is 16.0 Å². The van der Waals surface area contributed by atoms with E-state index in [2.05, 4.69) is 22.4 Å². The van der Waals surface area contributed by atoms with Gasteiger partial charge in [-0.15, -0.1) is 0 Å². The van der Waals surface area contributed by atoms with Crippen LogP contribution in [0.2, 0.25) is 0 Å². The first kappa shape index (κ1) is 15.9. The number of aryl methyl sites for hydroxylation is 1. The molecule has 5 nitrogen and oxygen atoms in total. The molecule has 3 rings (SSSR count). The van der Waals surface area contributed by atoms with Gasteiger partial charge in [0.25, 0.3) is 5.91 Å². The van der Waals surface area contributed by atoms with Crippen LogP contribution in [0.4, 0.5) is 0 Å². The van der Waals surface area contributed by atoms with Crippen LogP contribution < -0.4 is 5.32 Å². The van der Waals surface area contributed by atoms with Crippen molar-refractivity contribution in [1.82, 2.24) is 15.5 Å². The van der Waals surface area contributed by atoms with Gasteiger partial charge in [-0.1, -0.05) is 30.3 Å². The zero-order chi connectivity index (χ0) is 16.9. The number of benzene rings is 1. The van der Waals surface area contributed by atoms with Gasteiger partial charge in [0.05, 0.1) is 6.04 Å². The van der Waals surface area contributed by atoms with Crippen molar-refractivity contribution in [3.05, 3.63) is 71.7 Å². The summed E-state index contributed by atoms with van der Waals surface area (Å²) in [7, 11) is 0. The van der Waals surface area contributed by atoms with Crippen LogP contribution in [-0.2, 0) is 6.42 Å². The summed E-state index contributed by atoms with van der Waals surface area (Å²) < 4.78 is 5.41. The topological polar surface area (TPSA) is 68.0 Å². The summed E-state index contributed by atoms with van der Waals surface area (Å²) in [4.78, 5) is 16.5. The van der Waals surface area contributed by atoms with Crippen molar-refractivity contribution in [1.29, 1.82) is 0 Å². The summed E-state index contributed by atoms with van der Waals surface area (Å²) in [6.07, 6.45) is 2.63. The molecule has 0 aliphatic heterocycles.